The van der Waals surface area contributed by atoms with E-state index in [1.165, 1.54) is 11.3 Å². The molecule has 35 heavy (non-hydrogen) atoms. The van der Waals surface area contributed by atoms with Gasteiger partial charge >= 0.3 is 0 Å². The first-order valence-electron chi connectivity index (χ1n) is 11.7. The van der Waals surface area contributed by atoms with Crippen LogP contribution in [0.4, 0.5) is 0 Å². The lowest BCUT2D eigenvalue weighted by atomic mass is 10.1. The third-order valence-corrected chi connectivity index (χ3v) is 8.07. The lowest BCUT2D eigenvalue weighted by Crippen LogP contribution is -2.45. The van der Waals surface area contributed by atoms with Gasteiger partial charge < -0.3 is 19.4 Å². The molecule has 1 aliphatic carbocycles. The molecule has 0 unspecified atom stereocenters. The predicted molar refractivity (Wildman–Crippen MR) is 134 cm³/mol. The Bertz CT molecular complexity index is 1440. The number of thiazole rings is 1. The van der Waals surface area contributed by atoms with Crippen molar-refractivity contribution in [3.05, 3.63) is 71.1 Å². The van der Waals surface area contributed by atoms with Gasteiger partial charge in [0.25, 0.3) is 11.8 Å². The first-order valence-corrected chi connectivity index (χ1v) is 12.5. The number of methoxy groups -OCH3 is 1. The number of carbonyl (C=O) groups excluding carboxylic acids is 2. The predicted octanol–water partition coefficient (Wildman–Crippen LogP) is 4.76. The normalized spacial score (nSPS) is 20.6. The average molecular weight is 488 g/mol. The minimum Gasteiger partial charge on any atom is -0.496 e. The second-order valence-electron chi connectivity index (χ2n) is 9.14. The molecule has 2 aliphatic rings. The van der Waals surface area contributed by atoms with Crippen molar-refractivity contribution in [3.63, 3.8) is 0 Å². The Morgan fingerprint density at radius 2 is 2.06 bits per heavy atom. The van der Waals surface area contributed by atoms with Crippen molar-refractivity contribution >= 4 is 34.1 Å². The van der Waals surface area contributed by atoms with Crippen molar-refractivity contribution < 1.29 is 18.7 Å². The Labute approximate surface area is 206 Å². The van der Waals surface area contributed by atoms with E-state index in [1.807, 2.05) is 48.2 Å². The molecule has 7 nitrogen and oxygen atoms in total. The summed E-state index contributed by atoms with van der Waals surface area (Å²) in [5, 5.41) is 4.69. The number of furan rings is 1. The van der Waals surface area contributed by atoms with E-state index in [4.69, 9.17) is 9.15 Å². The largest absolute Gasteiger partial charge is 0.496 e. The van der Waals surface area contributed by atoms with Crippen LogP contribution in [0, 0.1) is 18.8 Å². The van der Waals surface area contributed by atoms with Crippen LogP contribution in [0.2, 0.25) is 0 Å². The smallest absolute Gasteiger partial charge is 0.274 e. The monoisotopic (exact) mass is 487 g/mol. The van der Waals surface area contributed by atoms with Crippen LogP contribution in [-0.2, 0) is 0 Å². The quantitative estimate of drug-likeness (QED) is 0.424. The van der Waals surface area contributed by atoms with E-state index in [-0.39, 0.29) is 17.9 Å². The van der Waals surface area contributed by atoms with Crippen molar-refractivity contribution in [1.29, 1.82) is 0 Å². The van der Waals surface area contributed by atoms with Crippen molar-refractivity contribution in [2.45, 2.75) is 19.4 Å². The maximum atomic E-state index is 13.8. The fourth-order valence-corrected chi connectivity index (χ4v) is 6.21. The summed E-state index contributed by atoms with van der Waals surface area (Å²) in [7, 11) is 1.63. The van der Waals surface area contributed by atoms with E-state index >= 15 is 0 Å². The zero-order valence-electron chi connectivity index (χ0n) is 19.5. The average Bonchev–Trinajstić information content (AvgIpc) is 3.20. The van der Waals surface area contributed by atoms with Gasteiger partial charge in [-0.05, 0) is 55.5 Å². The van der Waals surface area contributed by atoms with Crippen LogP contribution in [-0.4, -0.2) is 47.9 Å². The number of rotatable bonds is 6. The minimum absolute atomic E-state index is 0.0486. The SMILES string of the molecule is COc1ccccc1-c1sc(C)nc1C(=O)N1C[C@H]2C[C@H]2[C@H]1CNC(=O)c1cccc2occc12. The number of nitrogens with one attached hydrogen (secondary N) is 1. The Morgan fingerprint density at radius 3 is 2.91 bits per heavy atom. The maximum Gasteiger partial charge on any atom is 0.274 e. The van der Waals surface area contributed by atoms with Crippen LogP contribution in [0.1, 0.15) is 32.3 Å². The Kier molecular flexibility index (Phi) is 5.33. The summed E-state index contributed by atoms with van der Waals surface area (Å²) in [4.78, 5) is 34.2. The molecule has 0 bridgehead atoms. The summed E-state index contributed by atoms with van der Waals surface area (Å²) in [6.07, 6.45) is 2.68. The fraction of sp³-hybridized carbons (Fsp3) is 0.296. The molecule has 3 heterocycles. The zero-order valence-corrected chi connectivity index (χ0v) is 20.3. The summed E-state index contributed by atoms with van der Waals surface area (Å²) >= 11 is 1.50. The van der Waals surface area contributed by atoms with Gasteiger partial charge in [-0.2, -0.15) is 0 Å². The van der Waals surface area contributed by atoms with Gasteiger partial charge in [-0.15, -0.1) is 11.3 Å². The molecule has 1 N–H and O–H groups in total. The van der Waals surface area contributed by atoms with Gasteiger partial charge in [-0.3, -0.25) is 9.59 Å². The van der Waals surface area contributed by atoms with E-state index < -0.39 is 0 Å². The summed E-state index contributed by atoms with van der Waals surface area (Å²) < 4.78 is 11.0. The number of para-hydroxylation sites is 1. The van der Waals surface area contributed by atoms with E-state index in [0.29, 0.717) is 47.5 Å². The molecule has 0 radical (unpaired) electrons. The maximum absolute atomic E-state index is 13.8. The van der Waals surface area contributed by atoms with Crippen molar-refractivity contribution in [1.82, 2.24) is 15.2 Å². The molecular weight excluding hydrogens is 462 g/mol. The number of fused-ring (bicyclic) bond motifs is 2. The number of ether oxygens (including phenoxy) is 1. The van der Waals surface area contributed by atoms with E-state index in [0.717, 1.165) is 27.3 Å². The fourth-order valence-electron chi connectivity index (χ4n) is 5.27. The number of carbonyl (C=O) groups is 2. The van der Waals surface area contributed by atoms with Crippen molar-refractivity contribution in [3.8, 4) is 16.2 Å². The van der Waals surface area contributed by atoms with Gasteiger partial charge in [0, 0.05) is 24.0 Å². The number of hydrogen-bond donors (Lipinski definition) is 1. The third kappa shape index (κ3) is 3.78. The van der Waals surface area contributed by atoms with Gasteiger partial charge in [0.15, 0.2) is 0 Å². The Morgan fingerprint density at radius 1 is 1.20 bits per heavy atom. The molecule has 2 amide bonds. The van der Waals surface area contributed by atoms with Gasteiger partial charge in [0.1, 0.15) is 17.0 Å². The molecular formula is C27H25N3O4S. The molecule has 8 heteroatoms. The number of nitrogens with zero attached hydrogens (tertiary/aromatic N) is 2. The van der Waals surface area contributed by atoms with Crippen LogP contribution in [0.25, 0.3) is 21.4 Å². The lowest BCUT2D eigenvalue weighted by molar-refractivity contribution is 0.0690. The van der Waals surface area contributed by atoms with Crippen LogP contribution in [0.3, 0.4) is 0 Å². The molecule has 178 valence electrons. The highest BCUT2D eigenvalue weighted by Crippen LogP contribution is 2.50. The second-order valence-corrected chi connectivity index (χ2v) is 10.3. The number of benzene rings is 2. The number of aromatic nitrogens is 1. The van der Waals surface area contributed by atoms with Gasteiger partial charge in [0.2, 0.25) is 0 Å². The van der Waals surface area contributed by atoms with Crippen LogP contribution in [0.15, 0.2) is 59.2 Å². The van der Waals surface area contributed by atoms with Gasteiger partial charge in [-0.25, -0.2) is 4.98 Å². The molecule has 0 spiro atoms. The number of hydrogen-bond acceptors (Lipinski definition) is 6. The Balaban J connectivity index is 1.24. The van der Waals surface area contributed by atoms with E-state index in [1.54, 1.807) is 25.5 Å². The highest BCUT2D eigenvalue weighted by molar-refractivity contribution is 7.15. The highest BCUT2D eigenvalue weighted by Gasteiger charge is 2.54. The van der Waals surface area contributed by atoms with E-state index in [9.17, 15) is 9.59 Å². The first kappa shape index (κ1) is 21.9. The molecule has 4 aromatic rings. The summed E-state index contributed by atoms with van der Waals surface area (Å²) in [5.41, 5.74) is 2.58. The molecule has 2 fully saturated rings. The van der Waals surface area contributed by atoms with Crippen LogP contribution >= 0.6 is 11.3 Å². The number of piperidine rings is 1. The lowest BCUT2D eigenvalue weighted by Gasteiger charge is -2.27. The number of likely N-dealkylation sites (tertiary alicyclic amines) is 1. The molecule has 2 aromatic carbocycles. The molecule has 2 aromatic heterocycles. The Hall–Kier alpha value is -3.65. The van der Waals surface area contributed by atoms with Crippen LogP contribution < -0.4 is 10.1 Å². The van der Waals surface area contributed by atoms with Gasteiger partial charge in [-0.1, -0.05) is 18.2 Å². The van der Waals surface area contributed by atoms with Crippen molar-refractivity contribution in [2.24, 2.45) is 11.8 Å². The van der Waals surface area contributed by atoms with Crippen molar-refractivity contribution in [2.75, 3.05) is 20.2 Å². The summed E-state index contributed by atoms with van der Waals surface area (Å²) in [6, 6.07) is 14.9. The highest BCUT2D eigenvalue weighted by atomic mass is 32.1. The first-order chi connectivity index (χ1) is 17.0. The standard InChI is InChI=1S/C27H25N3O4S/c1-15-29-24(25(35-15)19-6-3-4-8-22(19)33-2)27(32)30-14-16-12-20(16)21(30)13-28-26(31)18-7-5-9-23-17(18)10-11-34-23/h3-11,16,20-21H,12-14H2,1-2H3,(H,28,31)/t16-,20-,21-/m1/s1. The molecule has 1 saturated heterocycles. The molecule has 6 rings (SSSR count). The number of aryl methyl sites for hydroxylation is 1. The number of amides is 2. The molecule has 1 aliphatic heterocycles. The van der Waals surface area contributed by atoms with E-state index in [2.05, 4.69) is 10.3 Å². The zero-order chi connectivity index (χ0) is 24.1. The molecule has 3 atom stereocenters. The molecule has 1 saturated carbocycles. The van der Waals surface area contributed by atoms with Crippen LogP contribution in [0.5, 0.6) is 5.75 Å². The third-order valence-electron chi connectivity index (χ3n) is 7.06. The summed E-state index contributed by atoms with van der Waals surface area (Å²) in [6.45, 7) is 3.02. The minimum atomic E-state index is -0.160. The second kappa shape index (κ2) is 8.53. The van der Waals surface area contributed by atoms with Gasteiger partial charge in [0.05, 0.1) is 34.9 Å². The topological polar surface area (TPSA) is 84.7 Å². The summed E-state index contributed by atoms with van der Waals surface area (Å²) in [5.74, 6) is 1.38.